The molecule has 0 radical (unpaired) electrons. The zero-order valence-electron chi connectivity index (χ0n) is 19.2. The van der Waals surface area contributed by atoms with E-state index in [1.165, 1.54) is 16.4 Å². The van der Waals surface area contributed by atoms with Gasteiger partial charge in [-0.3, -0.25) is 0 Å². The van der Waals surface area contributed by atoms with Gasteiger partial charge in [0.05, 0.1) is 49.5 Å². The Morgan fingerprint density at radius 2 is 1.16 bits per heavy atom. The molecule has 0 aliphatic carbocycles. The highest BCUT2D eigenvalue weighted by Gasteiger charge is 2.53. The molecule has 0 fully saturated rings. The third kappa shape index (κ3) is 4.36. The summed E-state index contributed by atoms with van der Waals surface area (Å²) in [5, 5.41) is 1.48. The van der Waals surface area contributed by atoms with Crippen molar-refractivity contribution in [2.24, 2.45) is 0 Å². The molecule has 0 saturated carbocycles. The Morgan fingerprint density at radius 1 is 0.742 bits per heavy atom. The fourth-order valence-electron chi connectivity index (χ4n) is 4.78. The molecule has 31 heavy (non-hydrogen) atoms. The van der Waals surface area contributed by atoms with Crippen LogP contribution in [0.2, 0.25) is 0 Å². The Balaban J connectivity index is 2.22. The van der Waals surface area contributed by atoms with Crippen LogP contribution in [0.1, 0.15) is 31.9 Å². The lowest BCUT2D eigenvalue weighted by atomic mass is 9.87. The summed E-state index contributed by atoms with van der Waals surface area (Å²) in [5.74, 6) is 1.72. The first-order valence-corrected chi connectivity index (χ1v) is 13.6. The molecule has 3 aromatic carbocycles. The predicted octanol–water partition coefficient (Wildman–Crippen LogP) is 6.65. The molecule has 0 amide bonds. The topological polar surface area (TPSA) is 18.5 Å². The minimum absolute atomic E-state index is 0.322. The van der Waals surface area contributed by atoms with E-state index in [4.69, 9.17) is 22.1 Å². The van der Waals surface area contributed by atoms with Gasteiger partial charge in [-0.15, -0.1) is 0 Å². The van der Waals surface area contributed by atoms with Crippen LogP contribution in [0, 0.1) is 0 Å². The van der Waals surface area contributed by atoms with Gasteiger partial charge in [-0.2, -0.15) is 12.6 Å². The fourth-order valence-corrected chi connectivity index (χ4v) is 10.2. The lowest BCUT2D eigenvalue weighted by molar-refractivity contribution is 0.414. The second-order valence-electron chi connectivity index (χ2n) is 7.90. The second kappa shape index (κ2) is 10.1. The van der Waals surface area contributed by atoms with E-state index in [1.54, 1.807) is 14.2 Å². The summed E-state index contributed by atoms with van der Waals surface area (Å²) >= 11 is 5.52. The molecule has 0 aromatic heterocycles. The van der Waals surface area contributed by atoms with Crippen molar-refractivity contribution < 1.29 is 9.47 Å². The fraction of sp³-hybridized carbons (Fsp3) is 0.333. The lowest BCUT2D eigenvalue weighted by Gasteiger charge is -2.42. The van der Waals surface area contributed by atoms with Crippen LogP contribution in [0.5, 0.6) is 11.5 Å². The van der Waals surface area contributed by atoms with Gasteiger partial charge in [0, 0.05) is 0 Å². The van der Waals surface area contributed by atoms with Gasteiger partial charge in [-0.05, 0) is 68.3 Å². The van der Waals surface area contributed by atoms with E-state index in [2.05, 4.69) is 75.4 Å². The molecule has 0 bridgehead atoms. The number of benzene rings is 3. The van der Waals surface area contributed by atoms with Crippen LogP contribution >= 0.6 is 19.9 Å². The average molecular weight is 454 g/mol. The van der Waals surface area contributed by atoms with E-state index in [1.807, 2.05) is 24.3 Å². The standard InChI is InChI=1S/C27H33O2PS/c1-6-30(7-2,26-11-9-8-10-12-26)21(3)27(31,22-13-17-24(28-4)18-14-22)23-15-19-25(29-5)20-16-23/h8-21H,6-7H2,1-5H3/p+1. The van der Waals surface area contributed by atoms with Crippen LogP contribution in [-0.2, 0) is 4.75 Å². The second-order valence-corrected chi connectivity index (χ2v) is 13.2. The zero-order chi connectivity index (χ0) is 22.5. The number of thiol groups is 1. The molecular formula is C27H34O2PS+. The quantitative estimate of drug-likeness (QED) is 0.289. The van der Waals surface area contributed by atoms with Crippen LogP contribution in [0.15, 0.2) is 78.9 Å². The molecule has 1 atom stereocenters. The van der Waals surface area contributed by atoms with Gasteiger partial charge in [0.15, 0.2) is 0 Å². The summed E-state index contributed by atoms with van der Waals surface area (Å²) in [4.78, 5) is 0. The van der Waals surface area contributed by atoms with Crippen LogP contribution in [0.25, 0.3) is 0 Å². The first-order chi connectivity index (χ1) is 15.0. The Bertz CT molecular complexity index is 903. The van der Waals surface area contributed by atoms with Crippen molar-refractivity contribution in [3.8, 4) is 11.5 Å². The third-order valence-electron chi connectivity index (χ3n) is 6.81. The molecule has 0 aliphatic rings. The highest BCUT2D eigenvalue weighted by atomic mass is 32.1. The van der Waals surface area contributed by atoms with Crippen LogP contribution in [-0.4, -0.2) is 32.2 Å². The van der Waals surface area contributed by atoms with Crippen LogP contribution < -0.4 is 14.8 Å². The summed E-state index contributed by atoms with van der Waals surface area (Å²) in [6.45, 7) is 7.09. The maximum absolute atomic E-state index is 5.52. The van der Waals surface area contributed by atoms with Crippen molar-refractivity contribution in [1.82, 2.24) is 0 Å². The molecule has 2 nitrogen and oxygen atoms in total. The summed E-state index contributed by atoms with van der Waals surface area (Å²) in [6, 6.07) is 27.9. The van der Waals surface area contributed by atoms with E-state index in [-0.39, 0.29) is 0 Å². The van der Waals surface area contributed by atoms with Crippen molar-refractivity contribution in [2.45, 2.75) is 31.2 Å². The molecule has 3 rings (SSSR count). The number of ether oxygens (including phenoxy) is 2. The summed E-state index contributed by atoms with van der Waals surface area (Å²) in [5.41, 5.74) is 2.70. The highest BCUT2D eigenvalue weighted by molar-refractivity contribution is 7.86. The zero-order valence-corrected chi connectivity index (χ0v) is 21.0. The van der Waals surface area contributed by atoms with Crippen molar-refractivity contribution in [3.63, 3.8) is 0 Å². The average Bonchev–Trinajstić information content (AvgIpc) is 2.85. The Labute approximate surface area is 193 Å². The minimum atomic E-state index is -1.53. The van der Waals surface area contributed by atoms with E-state index in [9.17, 15) is 0 Å². The smallest absolute Gasteiger partial charge is 0.118 e. The largest absolute Gasteiger partial charge is 0.497 e. The van der Waals surface area contributed by atoms with Crippen molar-refractivity contribution in [3.05, 3.63) is 90.0 Å². The predicted molar refractivity (Wildman–Crippen MR) is 139 cm³/mol. The van der Waals surface area contributed by atoms with Crippen LogP contribution in [0.3, 0.4) is 0 Å². The Morgan fingerprint density at radius 3 is 1.52 bits per heavy atom. The van der Waals surface area contributed by atoms with Crippen LogP contribution in [0.4, 0.5) is 0 Å². The number of rotatable bonds is 9. The van der Waals surface area contributed by atoms with Gasteiger partial charge in [0.25, 0.3) is 0 Å². The molecule has 0 spiro atoms. The number of methoxy groups -OCH3 is 2. The SMILES string of the molecule is CC[P+](CC)(c1ccccc1)C(C)C(S)(c1ccc(OC)cc1)c1ccc(OC)cc1. The van der Waals surface area contributed by atoms with E-state index >= 15 is 0 Å². The summed E-state index contributed by atoms with van der Waals surface area (Å²) in [6.07, 6.45) is 2.28. The molecule has 0 saturated heterocycles. The van der Waals surface area contributed by atoms with Gasteiger partial charge in [0.2, 0.25) is 0 Å². The molecule has 0 N–H and O–H groups in total. The van der Waals surface area contributed by atoms with Gasteiger partial charge >= 0.3 is 0 Å². The Hall–Kier alpha value is -1.96. The monoisotopic (exact) mass is 453 g/mol. The molecule has 1 unspecified atom stereocenters. The van der Waals surface area contributed by atoms with E-state index < -0.39 is 12.0 Å². The lowest BCUT2D eigenvalue weighted by Crippen LogP contribution is -2.40. The van der Waals surface area contributed by atoms with Gasteiger partial charge in [0.1, 0.15) is 11.5 Å². The number of hydrogen-bond donors (Lipinski definition) is 1. The molecular weight excluding hydrogens is 419 g/mol. The highest BCUT2D eigenvalue weighted by Crippen LogP contribution is 2.67. The maximum Gasteiger partial charge on any atom is 0.118 e. The molecule has 3 aromatic rings. The van der Waals surface area contributed by atoms with Gasteiger partial charge < -0.3 is 9.47 Å². The van der Waals surface area contributed by atoms with Crippen molar-refractivity contribution in [1.29, 1.82) is 0 Å². The minimum Gasteiger partial charge on any atom is -0.497 e. The first-order valence-electron chi connectivity index (χ1n) is 10.9. The van der Waals surface area contributed by atoms with E-state index in [0.29, 0.717) is 5.66 Å². The molecule has 4 heteroatoms. The molecule has 0 heterocycles. The Kier molecular flexibility index (Phi) is 7.73. The maximum atomic E-state index is 5.52. The van der Waals surface area contributed by atoms with Gasteiger partial charge in [-0.25, -0.2) is 0 Å². The van der Waals surface area contributed by atoms with Gasteiger partial charge in [-0.1, -0.05) is 42.5 Å². The third-order valence-corrected chi connectivity index (χ3v) is 13.4. The molecule has 164 valence electrons. The number of hydrogen-bond acceptors (Lipinski definition) is 3. The summed E-state index contributed by atoms with van der Waals surface area (Å²) < 4.78 is 10.4. The molecule has 0 aliphatic heterocycles. The first kappa shape index (κ1) is 23.7. The van der Waals surface area contributed by atoms with E-state index in [0.717, 1.165) is 23.8 Å². The normalized spacial score (nSPS) is 13.0. The van der Waals surface area contributed by atoms with Crippen molar-refractivity contribution >= 4 is 25.2 Å². The summed E-state index contributed by atoms with van der Waals surface area (Å²) in [7, 11) is 1.88. The van der Waals surface area contributed by atoms with Crippen molar-refractivity contribution in [2.75, 3.05) is 26.5 Å².